The summed E-state index contributed by atoms with van der Waals surface area (Å²) < 4.78 is 41.1. The zero-order valence-corrected chi connectivity index (χ0v) is 7.51. The van der Waals surface area contributed by atoms with Gasteiger partial charge in [-0.15, -0.1) is 0 Å². The summed E-state index contributed by atoms with van der Waals surface area (Å²) in [6, 6.07) is 4.61. The van der Waals surface area contributed by atoms with Gasteiger partial charge in [0.2, 0.25) is 0 Å². The maximum Gasteiger partial charge on any atom is 0.444 e. The summed E-state index contributed by atoms with van der Waals surface area (Å²) in [7, 11) is 0. The highest BCUT2D eigenvalue weighted by atomic mass is 35.5. The number of phenols is 1. The van der Waals surface area contributed by atoms with Gasteiger partial charge in [-0.25, -0.2) is 4.39 Å². The highest BCUT2D eigenvalue weighted by molar-refractivity contribution is 6.20. The van der Waals surface area contributed by atoms with Gasteiger partial charge in [0.1, 0.15) is 11.5 Å². The summed E-state index contributed by atoms with van der Waals surface area (Å²) in [5, 5.41) is 8.90. The Bertz CT molecular complexity index is 317. The van der Waals surface area contributed by atoms with Crippen LogP contribution in [0.2, 0.25) is 0 Å². The fourth-order valence-corrected chi connectivity index (χ4v) is 0.793. The average Bonchev–Trinajstić information content (AvgIpc) is 2.02. The van der Waals surface area contributed by atoms with Gasteiger partial charge in [-0.3, -0.25) is 0 Å². The molecule has 0 saturated carbocycles. The Hall–Kier alpha value is -1.10. The predicted molar refractivity (Wildman–Crippen MR) is 44.4 cm³/mol. The van der Waals surface area contributed by atoms with E-state index in [4.69, 9.17) is 5.11 Å². The van der Waals surface area contributed by atoms with Crippen LogP contribution in [0.15, 0.2) is 24.3 Å². The molecule has 0 aliphatic rings. The Morgan fingerprint density at radius 3 is 2.57 bits per heavy atom. The molecule has 1 N–H and O–H groups in total. The topological polar surface area (TPSA) is 29.5 Å². The highest BCUT2D eigenvalue weighted by Gasteiger charge is 2.42. The number of alkyl halides is 4. The summed E-state index contributed by atoms with van der Waals surface area (Å²) in [6.07, 6.45) is -4.12. The van der Waals surface area contributed by atoms with Gasteiger partial charge in [-0.05, 0) is 12.1 Å². The Morgan fingerprint density at radius 2 is 2.07 bits per heavy atom. The second-order valence-corrected chi connectivity index (χ2v) is 2.85. The van der Waals surface area contributed by atoms with Crippen LogP contribution >= 0.6 is 11.6 Å². The van der Waals surface area contributed by atoms with Crippen LogP contribution < -0.4 is 4.74 Å². The molecule has 1 aromatic carbocycles. The van der Waals surface area contributed by atoms with Crippen LogP contribution in [0.5, 0.6) is 11.5 Å². The van der Waals surface area contributed by atoms with E-state index in [0.29, 0.717) is 0 Å². The third kappa shape index (κ3) is 2.70. The molecule has 0 spiro atoms. The minimum absolute atomic E-state index is 0.261. The number of ether oxygens (including phenoxy) is 1. The average molecular weight is 227 g/mol. The van der Waals surface area contributed by atoms with E-state index < -0.39 is 11.7 Å². The van der Waals surface area contributed by atoms with E-state index in [9.17, 15) is 13.2 Å². The molecule has 0 saturated heterocycles. The number of aromatic hydroxyl groups is 1. The lowest BCUT2D eigenvalue weighted by atomic mass is 10.3. The van der Waals surface area contributed by atoms with Crippen LogP contribution in [0, 0.1) is 0 Å². The molecule has 1 aromatic rings. The molecule has 6 heteroatoms. The molecule has 1 atom stereocenters. The number of hydrogen-bond acceptors (Lipinski definition) is 2. The van der Waals surface area contributed by atoms with Gasteiger partial charge in [0.25, 0.3) is 5.63 Å². The fourth-order valence-electron chi connectivity index (χ4n) is 0.749. The lowest BCUT2D eigenvalue weighted by Gasteiger charge is -2.17. The molecule has 0 fully saturated rings. The summed E-state index contributed by atoms with van der Waals surface area (Å²) in [4.78, 5) is 0. The van der Waals surface area contributed by atoms with Crippen molar-refractivity contribution < 1.29 is 23.0 Å². The van der Waals surface area contributed by atoms with E-state index in [-0.39, 0.29) is 11.5 Å². The smallest absolute Gasteiger partial charge is 0.444 e. The number of rotatable bonds is 3. The molecular weight excluding hydrogens is 221 g/mol. The minimum Gasteiger partial charge on any atom is -0.508 e. The van der Waals surface area contributed by atoms with Gasteiger partial charge in [0, 0.05) is 6.07 Å². The van der Waals surface area contributed by atoms with Crippen molar-refractivity contribution >= 4 is 11.6 Å². The molecule has 0 heterocycles. The Kier molecular flexibility index (Phi) is 3.10. The zero-order chi connectivity index (χ0) is 10.8. The Labute approximate surface area is 82.9 Å². The Balaban J connectivity index is 2.78. The van der Waals surface area contributed by atoms with E-state index in [1.54, 1.807) is 0 Å². The van der Waals surface area contributed by atoms with Crippen molar-refractivity contribution in [2.24, 2.45) is 0 Å². The fraction of sp³-hybridized carbons (Fsp3) is 0.250. The van der Waals surface area contributed by atoms with Crippen molar-refractivity contribution in [2.75, 3.05) is 0 Å². The van der Waals surface area contributed by atoms with Crippen LogP contribution in [0.25, 0.3) is 0 Å². The van der Waals surface area contributed by atoms with Gasteiger partial charge in [0.05, 0.1) is 0 Å². The molecule has 78 valence electrons. The first-order valence-corrected chi connectivity index (χ1v) is 3.99. The second-order valence-electron chi connectivity index (χ2n) is 2.46. The minimum atomic E-state index is -4.12. The number of phenolic OH excluding ortho intramolecular Hbond substituents is 1. The molecule has 0 aliphatic carbocycles. The lowest BCUT2D eigenvalue weighted by Crippen LogP contribution is -2.32. The third-order valence-electron chi connectivity index (χ3n) is 1.33. The molecule has 1 rings (SSSR count). The van der Waals surface area contributed by atoms with Crippen molar-refractivity contribution in [3.8, 4) is 11.5 Å². The first kappa shape index (κ1) is 11.0. The quantitative estimate of drug-likeness (QED) is 0.803. The zero-order valence-electron chi connectivity index (χ0n) is 6.75. The summed E-state index contributed by atoms with van der Waals surface area (Å²) in [5.74, 6) is -0.624. The summed E-state index contributed by atoms with van der Waals surface area (Å²) in [6.45, 7) is 0. The van der Waals surface area contributed by atoms with E-state index in [0.717, 1.165) is 12.1 Å². The molecule has 1 unspecified atom stereocenters. The second kappa shape index (κ2) is 3.96. The van der Waals surface area contributed by atoms with Crippen molar-refractivity contribution in [3.05, 3.63) is 24.3 Å². The van der Waals surface area contributed by atoms with Gasteiger partial charge in [0.15, 0.2) is 0 Å². The van der Waals surface area contributed by atoms with Crippen LogP contribution in [0.1, 0.15) is 0 Å². The number of halogens is 4. The maximum atomic E-state index is 12.6. The molecule has 0 aromatic heterocycles. The molecule has 0 bridgehead atoms. The van der Waals surface area contributed by atoms with E-state index >= 15 is 0 Å². The Morgan fingerprint density at radius 1 is 1.43 bits per heavy atom. The predicted octanol–water partition coefficient (Wildman–Crippen LogP) is 2.90. The molecule has 14 heavy (non-hydrogen) atoms. The maximum absolute atomic E-state index is 12.6. The first-order chi connectivity index (χ1) is 6.42. The van der Waals surface area contributed by atoms with Crippen LogP contribution in [0.4, 0.5) is 13.2 Å². The standard InChI is InChI=1S/C8H6ClF3O2/c9-7(10)8(11,12)14-6-3-1-2-5(13)4-6/h1-4,7,13H. The molecular formula is C8H6ClF3O2. The van der Waals surface area contributed by atoms with Gasteiger partial charge in [-0.2, -0.15) is 8.78 Å². The molecule has 2 nitrogen and oxygen atoms in total. The number of hydrogen-bond donors (Lipinski definition) is 1. The largest absolute Gasteiger partial charge is 0.508 e. The van der Waals surface area contributed by atoms with Crippen LogP contribution in [0.3, 0.4) is 0 Å². The monoisotopic (exact) mass is 226 g/mol. The van der Waals surface area contributed by atoms with Crippen molar-refractivity contribution in [2.45, 2.75) is 11.7 Å². The SMILES string of the molecule is Oc1cccc(OC(F)(F)C(F)Cl)c1. The third-order valence-corrected chi connectivity index (χ3v) is 1.58. The lowest BCUT2D eigenvalue weighted by molar-refractivity contribution is -0.199. The van der Waals surface area contributed by atoms with E-state index in [2.05, 4.69) is 16.3 Å². The number of benzene rings is 1. The summed E-state index contributed by atoms with van der Waals surface area (Å²) >= 11 is 4.55. The van der Waals surface area contributed by atoms with Crippen molar-refractivity contribution in [3.63, 3.8) is 0 Å². The van der Waals surface area contributed by atoms with Gasteiger partial charge >= 0.3 is 6.11 Å². The van der Waals surface area contributed by atoms with Crippen LogP contribution in [-0.4, -0.2) is 16.8 Å². The normalized spacial score (nSPS) is 13.7. The van der Waals surface area contributed by atoms with E-state index in [1.807, 2.05) is 0 Å². The van der Waals surface area contributed by atoms with Gasteiger partial charge in [-0.1, -0.05) is 17.7 Å². The molecule has 0 aliphatic heterocycles. The van der Waals surface area contributed by atoms with Crippen molar-refractivity contribution in [1.82, 2.24) is 0 Å². The van der Waals surface area contributed by atoms with E-state index in [1.165, 1.54) is 12.1 Å². The van der Waals surface area contributed by atoms with Crippen LogP contribution in [-0.2, 0) is 0 Å². The molecule has 0 amide bonds. The highest BCUT2D eigenvalue weighted by Crippen LogP contribution is 2.29. The summed E-state index contributed by atoms with van der Waals surface area (Å²) in [5.41, 5.74) is -2.94. The van der Waals surface area contributed by atoms with Crippen molar-refractivity contribution in [1.29, 1.82) is 0 Å². The molecule has 0 radical (unpaired) electrons. The van der Waals surface area contributed by atoms with Gasteiger partial charge < -0.3 is 9.84 Å². The first-order valence-electron chi connectivity index (χ1n) is 3.56.